The van der Waals surface area contributed by atoms with E-state index in [2.05, 4.69) is 15.3 Å². The van der Waals surface area contributed by atoms with Gasteiger partial charge in [-0.15, -0.1) is 0 Å². The number of nitrogens with zero attached hydrogens (tertiary/aromatic N) is 2. The molecule has 1 aliphatic heterocycles. The quantitative estimate of drug-likeness (QED) is 0.852. The van der Waals surface area contributed by atoms with Crippen molar-refractivity contribution in [1.29, 1.82) is 0 Å². The van der Waals surface area contributed by atoms with Crippen molar-refractivity contribution in [2.75, 3.05) is 16.8 Å². The summed E-state index contributed by atoms with van der Waals surface area (Å²) in [6, 6.07) is 0. The lowest BCUT2D eigenvalue weighted by Gasteiger charge is -2.10. The molecule has 1 fully saturated rings. The Hall–Kier alpha value is -0.920. The highest BCUT2D eigenvalue weighted by atomic mass is 35.5. The second-order valence-electron chi connectivity index (χ2n) is 4.35. The molecular weight excluding hydrogens is 313 g/mol. The van der Waals surface area contributed by atoms with Crippen LogP contribution in [-0.2, 0) is 14.6 Å². The van der Waals surface area contributed by atoms with E-state index >= 15 is 0 Å². The standard InChI is InChI=1S/C10H11Cl2N3O3S/c11-9-8(10(12)14-5-13-9)15-7(16)3-6-1-2-19(17,18)4-6/h5-6H,1-4H2,(H,15,16). The topological polar surface area (TPSA) is 89.0 Å². The Morgan fingerprint density at radius 3 is 2.53 bits per heavy atom. The largest absolute Gasteiger partial charge is 0.321 e. The first-order chi connectivity index (χ1) is 8.87. The minimum absolute atomic E-state index is 0.0485. The molecule has 1 atom stereocenters. The third-order valence-electron chi connectivity index (χ3n) is 2.82. The third-order valence-corrected chi connectivity index (χ3v) is 5.23. The second-order valence-corrected chi connectivity index (χ2v) is 7.30. The molecule has 1 saturated heterocycles. The first-order valence-corrected chi connectivity index (χ1v) is 8.11. The number of carbonyl (C=O) groups excluding carboxylic acids is 1. The van der Waals surface area contributed by atoms with Gasteiger partial charge >= 0.3 is 0 Å². The minimum Gasteiger partial charge on any atom is -0.321 e. The van der Waals surface area contributed by atoms with Gasteiger partial charge in [0, 0.05) is 6.42 Å². The molecule has 0 spiro atoms. The Morgan fingerprint density at radius 2 is 2.00 bits per heavy atom. The van der Waals surface area contributed by atoms with Gasteiger partial charge in [-0.3, -0.25) is 4.79 Å². The van der Waals surface area contributed by atoms with Gasteiger partial charge in [0.15, 0.2) is 20.1 Å². The summed E-state index contributed by atoms with van der Waals surface area (Å²) < 4.78 is 22.6. The number of anilines is 1. The average Bonchev–Trinajstić information content (AvgIpc) is 2.63. The van der Waals surface area contributed by atoms with Crippen LogP contribution in [-0.4, -0.2) is 35.8 Å². The van der Waals surface area contributed by atoms with Crippen LogP contribution in [0, 0.1) is 5.92 Å². The fourth-order valence-electron chi connectivity index (χ4n) is 1.93. The van der Waals surface area contributed by atoms with E-state index in [0.29, 0.717) is 6.42 Å². The van der Waals surface area contributed by atoms with Crippen LogP contribution in [0.3, 0.4) is 0 Å². The molecule has 0 bridgehead atoms. The van der Waals surface area contributed by atoms with E-state index in [0.717, 1.165) is 0 Å². The summed E-state index contributed by atoms with van der Waals surface area (Å²) in [6.45, 7) is 0. The smallest absolute Gasteiger partial charge is 0.224 e. The number of hydrogen-bond acceptors (Lipinski definition) is 5. The lowest BCUT2D eigenvalue weighted by Crippen LogP contribution is -2.18. The minimum atomic E-state index is -2.99. The van der Waals surface area contributed by atoms with E-state index in [4.69, 9.17) is 23.2 Å². The van der Waals surface area contributed by atoms with Crippen LogP contribution >= 0.6 is 23.2 Å². The van der Waals surface area contributed by atoms with Gasteiger partial charge in [0.1, 0.15) is 12.0 Å². The predicted molar refractivity (Wildman–Crippen MR) is 72.1 cm³/mol. The lowest BCUT2D eigenvalue weighted by molar-refractivity contribution is -0.116. The van der Waals surface area contributed by atoms with Crippen LogP contribution in [0.15, 0.2) is 6.33 Å². The number of sulfone groups is 1. The average molecular weight is 324 g/mol. The van der Waals surface area contributed by atoms with Crippen molar-refractivity contribution in [3.8, 4) is 0 Å². The van der Waals surface area contributed by atoms with Gasteiger partial charge in [0.2, 0.25) is 5.91 Å². The lowest BCUT2D eigenvalue weighted by atomic mass is 10.1. The first-order valence-electron chi connectivity index (χ1n) is 5.53. The molecule has 1 unspecified atom stereocenters. The molecule has 0 aliphatic carbocycles. The summed E-state index contributed by atoms with van der Waals surface area (Å²) in [4.78, 5) is 19.2. The molecule has 1 N–H and O–H groups in total. The van der Waals surface area contributed by atoms with Crippen molar-refractivity contribution >= 4 is 44.6 Å². The number of halogens is 2. The van der Waals surface area contributed by atoms with E-state index in [1.165, 1.54) is 6.33 Å². The Morgan fingerprint density at radius 1 is 1.37 bits per heavy atom. The summed E-state index contributed by atoms with van der Waals surface area (Å²) in [5, 5.41) is 2.61. The Labute approximate surface area is 120 Å². The monoisotopic (exact) mass is 323 g/mol. The highest BCUT2D eigenvalue weighted by Crippen LogP contribution is 2.27. The van der Waals surface area contributed by atoms with E-state index < -0.39 is 9.84 Å². The fourth-order valence-corrected chi connectivity index (χ4v) is 4.20. The molecule has 0 aromatic carbocycles. The molecule has 19 heavy (non-hydrogen) atoms. The van der Waals surface area contributed by atoms with Crippen LogP contribution in [0.1, 0.15) is 12.8 Å². The molecule has 104 valence electrons. The number of rotatable bonds is 3. The zero-order valence-corrected chi connectivity index (χ0v) is 12.1. The van der Waals surface area contributed by atoms with Crippen LogP contribution in [0.25, 0.3) is 0 Å². The van der Waals surface area contributed by atoms with Crippen LogP contribution in [0.2, 0.25) is 10.3 Å². The number of aromatic nitrogens is 2. The SMILES string of the molecule is O=C(CC1CCS(=O)(=O)C1)Nc1c(Cl)ncnc1Cl. The molecule has 2 heterocycles. The maximum atomic E-state index is 11.8. The Balaban J connectivity index is 1.99. The molecule has 0 saturated carbocycles. The van der Waals surface area contributed by atoms with E-state index in [1.807, 2.05) is 0 Å². The number of hydrogen-bond donors (Lipinski definition) is 1. The molecule has 2 rings (SSSR count). The Bertz CT molecular complexity index is 586. The predicted octanol–water partition coefficient (Wildman–Crippen LogP) is 1.55. The summed E-state index contributed by atoms with van der Waals surface area (Å²) in [7, 11) is -2.99. The van der Waals surface area contributed by atoms with E-state index in [1.54, 1.807) is 0 Å². The molecular formula is C10H11Cl2N3O3S. The summed E-state index contributed by atoms with van der Waals surface area (Å²) in [5.74, 6) is -0.318. The van der Waals surface area contributed by atoms with E-state index in [-0.39, 0.29) is 45.7 Å². The Kier molecular flexibility index (Phi) is 4.27. The molecule has 1 amide bonds. The van der Waals surface area contributed by atoms with Crippen LogP contribution < -0.4 is 5.32 Å². The van der Waals surface area contributed by atoms with Crippen LogP contribution in [0.4, 0.5) is 5.69 Å². The van der Waals surface area contributed by atoms with Gasteiger partial charge < -0.3 is 5.32 Å². The van der Waals surface area contributed by atoms with Crippen molar-refractivity contribution in [1.82, 2.24) is 9.97 Å². The molecule has 6 nitrogen and oxygen atoms in total. The second kappa shape index (κ2) is 5.60. The van der Waals surface area contributed by atoms with E-state index in [9.17, 15) is 13.2 Å². The molecule has 9 heteroatoms. The first kappa shape index (κ1) is 14.5. The van der Waals surface area contributed by atoms with Crippen LogP contribution in [0.5, 0.6) is 0 Å². The highest BCUT2D eigenvalue weighted by molar-refractivity contribution is 7.91. The van der Waals surface area contributed by atoms with Gasteiger partial charge in [-0.2, -0.15) is 0 Å². The van der Waals surface area contributed by atoms with Crippen molar-refractivity contribution in [3.63, 3.8) is 0 Å². The fraction of sp³-hybridized carbons (Fsp3) is 0.500. The maximum Gasteiger partial charge on any atom is 0.224 e. The van der Waals surface area contributed by atoms with Gasteiger partial charge in [0.05, 0.1) is 11.5 Å². The zero-order chi connectivity index (χ0) is 14.0. The highest BCUT2D eigenvalue weighted by Gasteiger charge is 2.29. The molecule has 1 aromatic rings. The molecule has 1 aliphatic rings. The van der Waals surface area contributed by atoms with Crippen molar-refractivity contribution in [2.24, 2.45) is 5.92 Å². The van der Waals surface area contributed by atoms with Crippen molar-refractivity contribution in [3.05, 3.63) is 16.6 Å². The number of amides is 1. The van der Waals surface area contributed by atoms with Crippen molar-refractivity contribution < 1.29 is 13.2 Å². The normalized spacial score (nSPS) is 21.3. The van der Waals surface area contributed by atoms with Gasteiger partial charge in [0.25, 0.3) is 0 Å². The number of carbonyl (C=O) groups is 1. The molecule has 1 aromatic heterocycles. The zero-order valence-electron chi connectivity index (χ0n) is 9.77. The van der Waals surface area contributed by atoms with Crippen molar-refractivity contribution in [2.45, 2.75) is 12.8 Å². The number of nitrogens with one attached hydrogen (secondary N) is 1. The van der Waals surface area contributed by atoms with Gasteiger partial charge in [-0.05, 0) is 12.3 Å². The molecule has 0 radical (unpaired) electrons. The summed E-state index contributed by atoms with van der Waals surface area (Å²) in [6.07, 6.45) is 1.80. The van der Waals surface area contributed by atoms with Gasteiger partial charge in [-0.1, -0.05) is 23.2 Å². The third kappa shape index (κ3) is 3.77. The summed E-state index contributed by atoms with van der Waals surface area (Å²) >= 11 is 11.6. The maximum absolute atomic E-state index is 11.8. The summed E-state index contributed by atoms with van der Waals surface area (Å²) in [5.41, 5.74) is 0.150. The van der Waals surface area contributed by atoms with Gasteiger partial charge in [-0.25, -0.2) is 18.4 Å².